The number of benzene rings is 2. The first-order valence-corrected chi connectivity index (χ1v) is 7.34. The fourth-order valence-corrected chi connectivity index (χ4v) is 3.08. The summed E-state index contributed by atoms with van der Waals surface area (Å²) >= 11 is 0. The van der Waals surface area contributed by atoms with Gasteiger partial charge in [-0.2, -0.15) is 0 Å². The molecular weight excluding hydrogens is 265 g/mol. The summed E-state index contributed by atoms with van der Waals surface area (Å²) in [7, 11) is 0. The standard InChI is InChI=1S/C18H20FNO/c1-11-6-5-9-15(17(11)19)21-16-10-12(2)13-7-3-4-8-14(13)18(16)20/h3-9,12,16,18H,10,20H2,1-2H3. The van der Waals surface area contributed by atoms with E-state index in [0.29, 0.717) is 17.2 Å². The second-order valence-corrected chi connectivity index (χ2v) is 5.83. The molecule has 0 fully saturated rings. The molecule has 0 amide bonds. The Balaban J connectivity index is 1.89. The van der Waals surface area contributed by atoms with Gasteiger partial charge in [-0.05, 0) is 42.0 Å². The number of hydrogen-bond donors (Lipinski definition) is 1. The van der Waals surface area contributed by atoms with Gasteiger partial charge >= 0.3 is 0 Å². The van der Waals surface area contributed by atoms with Gasteiger partial charge in [0.15, 0.2) is 11.6 Å². The minimum atomic E-state index is -0.295. The number of hydrogen-bond acceptors (Lipinski definition) is 2. The number of nitrogens with two attached hydrogens (primary N) is 1. The Labute approximate surface area is 124 Å². The van der Waals surface area contributed by atoms with E-state index < -0.39 is 0 Å². The topological polar surface area (TPSA) is 35.2 Å². The third-order valence-corrected chi connectivity index (χ3v) is 4.31. The van der Waals surface area contributed by atoms with Crippen molar-refractivity contribution in [2.24, 2.45) is 5.73 Å². The van der Waals surface area contributed by atoms with Crippen LogP contribution < -0.4 is 10.5 Å². The van der Waals surface area contributed by atoms with E-state index >= 15 is 0 Å². The Kier molecular flexibility index (Phi) is 3.68. The van der Waals surface area contributed by atoms with Gasteiger partial charge in [0.1, 0.15) is 6.10 Å². The molecule has 2 nitrogen and oxygen atoms in total. The number of aryl methyl sites for hydroxylation is 1. The van der Waals surface area contributed by atoms with Crippen molar-refractivity contribution in [3.63, 3.8) is 0 Å². The molecule has 0 spiro atoms. The summed E-state index contributed by atoms with van der Waals surface area (Å²) in [5.41, 5.74) is 9.31. The molecule has 3 atom stereocenters. The molecule has 1 aliphatic rings. The van der Waals surface area contributed by atoms with Crippen LogP contribution in [-0.2, 0) is 0 Å². The molecule has 0 aliphatic heterocycles. The van der Waals surface area contributed by atoms with Gasteiger partial charge in [-0.25, -0.2) is 4.39 Å². The van der Waals surface area contributed by atoms with Gasteiger partial charge in [-0.15, -0.1) is 0 Å². The van der Waals surface area contributed by atoms with Crippen LogP contribution in [0.4, 0.5) is 4.39 Å². The molecule has 0 aromatic heterocycles. The Hall–Kier alpha value is -1.87. The normalized spacial score (nSPS) is 24.5. The molecule has 0 saturated heterocycles. The number of ether oxygens (including phenoxy) is 1. The van der Waals surface area contributed by atoms with Crippen molar-refractivity contribution in [2.75, 3.05) is 0 Å². The van der Waals surface area contributed by atoms with Crippen LogP contribution in [0.3, 0.4) is 0 Å². The van der Waals surface area contributed by atoms with Crippen molar-refractivity contribution in [1.29, 1.82) is 0 Å². The molecule has 2 aromatic carbocycles. The lowest BCUT2D eigenvalue weighted by Gasteiger charge is -2.35. The molecule has 3 unspecified atom stereocenters. The van der Waals surface area contributed by atoms with Crippen molar-refractivity contribution < 1.29 is 9.13 Å². The van der Waals surface area contributed by atoms with E-state index in [4.69, 9.17) is 10.5 Å². The van der Waals surface area contributed by atoms with Gasteiger partial charge in [0.05, 0.1) is 6.04 Å². The summed E-state index contributed by atoms with van der Waals surface area (Å²) in [6, 6.07) is 13.2. The highest BCUT2D eigenvalue weighted by atomic mass is 19.1. The van der Waals surface area contributed by atoms with Gasteiger partial charge in [0, 0.05) is 0 Å². The largest absolute Gasteiger partial charge is 0.485 e. The molecule has 2 aromatic rings. The molecule has 0 saturated carbocycles. The zero-order valence-corrected chi connectivity index (χ0v) is 12.3. The first-order chi connectivity index (χ1) is 10.1. The summed E-state index contributed by atoms with van der Waals surface area (Å²) in [6.45, 7) is 3.90. The highest BCUT2D eigenvalue weighted by Gasteiger charge is 2.32. The van der Waals surface area contributed by atoms with Crippen LogP contribution in [0.15, 0.2) is 42.5 Å². The maximum Gasteiger partial charge on any atom is 0.167 e. The average molecular weight is 285 g/mol. The number of fused-ring (bicyclic) bond motifs is 1. The zero-order valence-electron chi connectivity index (χ0n) is 12.3. The highest BCUT2D eigenvalue weighted by Crippen LogP contribution is 2.38. The predicted molar refractivity (Wildman–Crippen MR) is 82.0 cm³/mol. The molecule has 0 bridgehead atoms. The number of halogens is 1. The van der Waals surface area contributed by atoms with Crippen molar-refractivity contribution in [3.8, 4) is 5.75 Å². The second kappa shape index (κ2) is 5.49. The van der Waals surface area contributed by atoms with Crippen molar-refractivity contribution in [2.45, 2.75) is 38.3 Å². The fourth-order valence-electron chi connectivity index (χ4n) is 3.08. The summed E-state index contributed by atoms with van der Waals surface area (Å²) in [4.78, 5) is 0. The summed E-state index contributed by atoms with van der Waals surface area (Å²) in [6.07, 6.45) is 0.595. The van der Waals surface area contributed by atoms with Crippen LogP contribution >= 0.6 is 0 Å². The Morgan fingerprint density at radius 3 is 2.57 bits per heavy atom. The van der Waals surface area contributed by atoms with Crippen molar-refractivity contribution >= 4 is 0 Å². The van der Waals surface area contributed by atoms with Crippen molar-refractivity contribution in [3.05, 3.63) is 65.0 Å². The maximum atomic E-state index is 14.1. The monoisotopic (exact) mass is 285 g/mol. The summed E-state index contributed by atoms with van der Waals surface area (Å²) in [5.74, 6) is 0.358. The van der Waals surface area contributed by atoms with Gasteiger partial charge < -0.3 is 10.5 Å². The van der Waals surface area contributed by atoms with Gasteiger partial charge in [-0.3, -0.25) is 0 Å². The molecular formula is C18H20FNO. The minimum Gasteiger partial charge on any atom is -0.485 e. The molecule has 3 rings (SSSR count). The second-order valence-electron chi connectivity index (χ2n) is 5.83. The lowest BCUT2D eigenvalue weighted by Crippen LogP contribution is -2.37. The Morgan fingerprint density at radius 1 is 1.10 bits per heavy atom. The molecule has 110 valence electrons. The quantitative estimate of drug-likeness (QED) is 0.902. The SMILES string of the molecule is Cc1cccc(OC2CC(C)c3ccccc3C2N)c1F. The lowest BCUT2D eigenvalue weighted by atomic mass is 9.79. The zero-order chi connectivity index (χ0) is 15.0. The predicted octanol–water partition coefficient (Wildman–Crippen LogP) is 4.09. The van der Waals surface area contributed by atoms with E-state index in [-0.39, 0.29) is 18.0 Å². The third kappa shape index (κ3) is 2.54. The van der Waals surface area contributed by atoms with Gasteiger partial charge in [-0.1, -0.05) is 43.3 Å². The van der Waals surface area contributed by atoms with E-state index in [9.17, 15) is 4.39 Å². The summed E-state index contributed by atoms with van der Waals surface area (Å²) in [5, 5.41) is 0. The van der Waals surface area contributed by atoms with E-state index in [2.05, 4.69) is 13.0 Å². The van der Waals surface area contributed by atoms with E-state index in [1.54, 1.807) is 25.1 Å². The van der Waals surface area contributed by atoms with Gasteiger partial charge in [0.2, 0.25) is 0 Å². The number of rotatable bonds is 2. The van der Waals surface area contributed by atoms with E-state index in [1.807, 2.05) is 18.2 Å². The lowest BCUT2D eigenvalue weighted by molar-refractivity contribution is 0.138. The van der Waals surface area contributed by atoms with Crippen molar-refractivity contribution in [1.82, 2.24) is 0 Å². The van der Waals surface area contributed by atoms with E-state index in [1.165, 1.54) is 5.56 Å². The van der Waals surface area contributed by atoms with Crippen LogP contribution in [0.25, 0.3) is 0 Å². The van der Waals surface area contributed by atoms with E-state index in [0.717, 1.165) is 12.0 Å². The smallest absolute Gasteiger partial charge is 0.167 e. The van der Waals surface area contributed by atoms with Crippen LogP contribution in [0.2, 0.25) is 0 Å². The third-order valence-electron chi connectivity index (χ3n) is 4.31. The van der Waals surface area contributed by atoms with Gasteiger partial charge in [0.25, 0.3) is 0 Å². The molecule has 2 N–H and O–H groups in total. The average Bonchev–Trinajstić information content (AvgIpc) is 2.49. The minimum absolute atomic E-state index is 0.203. The molecule has 1 aliphatic carbocycles. The fraction of sp³-hybridized carbons (Fsp3) is 0.333. The Bertz CT molecular complexity index is 655. The molecule has 0 heterocycles. The maximum absolute atomic E-state index is 14.1. The first kappa shape index (κ1) is 14.1. The summed E-state index contributed by atoms with van der Waals surface area (Å²) < 4.78 is 20.0. The molecule has 0 radical (unpaired) electrons. The van der Waals surface area contributed by atoms with Crippen LogP contribution in [0.1, 0.15) is 42.0 Å². The molecule has 21 heavy (non-hydrogen) atoms. The Morgan fingerprint density at radius 2 is 1.81 bits per heavy atom. The first-order valence-electron chi connectivity index (χ1n) is 7.34. The van der Waals surface area contributed by atoms with Crippen LogP contribution in [-0.4, -0.2) is 6.10 Å². The van der Waals surface area contributed by atoms with Crippen LogP contribution in [0, 0.1) is 12.7 Å². The molecule has 3 heteroatoms. The van der Waals surface area contributed by atoms with Crippen LogP contribution in [0.5, 0.6) is 5.75 Å². The highest BCUT2D eigenvalue weighted by molar-refractivity contribution is 5.37.